The summed E-state index contributed by atoms with van der Waals surface area (Å²) >= 11 is 0. The van der Waals surface area contributed by atoms with Crippen LogP contribution in [-0.4, -0.2) is 11.8 Å². The lowest BCUT2D eigenvalue weighted by Crippen LogP contribution is -2.09. The molecule has 0 unspecified atom stereocenters. The van der Waals surface area contributed by atoms with Gasteiger partial charge in [-0.1, -0.05) is 0 Å². The van der Waals surface area contributed by atoms with Crippen molar-refractivity contribution in [2.24, 2.45) is 4.99 Å². The van der Waals surface area contributed by atoms with Crippen molar-refractivity contribution in [3.8, 4) is 6.07 Å². The second-order valence-corrected chi connectivity index (χ2v) is 3.89. The lowest BCUT2D eigenvalue weighted by atomic mass is 10.1. The topological polar surface area (TPSA) is 36.1 Å². The number of nitrogens with zero attached hydrogens (tertiary/aromatic N) is 2. The Kier molecular flexibility index (Phi) is 5.36. The minimum atomic E-state index is 0.0508. The Morgan fingerprint density at radius 2 is 2.00 bits per heavy atom. The van der Waals surface area contributed by atoms with Crippen molar-refractivity contribution in [2.75, 3.05) is 0 Å². The molecule has 0 aromatic carbocycles. The van der Waals surface area contributed by atoms with E-state index in [2.05, 4.69) is 31.8 Å². The summed E-state index contributed by atoms with van der Waals surface area (Å²) in [6.07, 6.45) is 5.71. The normalized spacial score (nSPS) is 11.8. The van der Waals surface area contributed by atoms with Crippen LogP contribution in [0.2, 0.25) is 0 Å². The van der Waals surface area contributed by atoms with Gasteiger partial charge in [-0.15, -0.1) is 0 Å². The smallest absolute Gasteiger partial charge is 0.0621 e. The number of hydrogen-bond donors (Lipinski definition) is 0. The molecule has 0 aliphatic carbocycles. The van der Waals surface area contributed by atoms with Crippen LogP contribution in [0.25, 0.3) is 0 Å². The fourth-order valence-corrected chi connectivity index (χ4v) is 0.778. The molecule has 0 aliphatic heterocycles. The third kappa shape index (κ3) is 9.16. The van der Waals surface area contributed by atoms with E-state index in [9.17, 15) is 0 Å². The molecule has 2 nitrogen and oxygen atoms in total. The third-order valence-electron chi connectivity index (χ3n) is 1.35. The molecule has 0 amide bonds. The minimum Gasteiger partial charge on any atom is -0.292 e. The van der Waals surface area contributed by atoms with Gasteiger partial charge in [0.25, 0.3) is 0 Å². The quantitative estimate of drug-likeness (QED) is 0.467. The highest BCUT2D eigenvalue weighted by atomic mass is 14.8. The fourth-order valence-electron chi connectivity index (χ4n) is 0.778. The van der Waals surface area contributed by atoms with Gasteiger partial charge in [0.1, 0.15) is 0 Å². The van der Waals surface area contributed by atoms with Crippen LogP contribution >= 0.6 is 0 Å². The summed E-state index contributed by atoms with van der Waals surface area (Å²) in [5, 5.41) is 8.27. The number of rotatable bonds is 4. The first-order valence-corrected chi connectivity index (χ1v) is 4.47. The van der Waals surface area contributed by atoms with E-state index in [-0.39, 0.29) is 5.54 Å². The zero-order valence-electron chi connectivity index (χ0n) is 8.30. The van der Waals surface area contributed by atoms with Crippen molar-refractivity contribution in [1.29, 1.82) is 5.26 Å². The van der Waals surface area contributed by atoms with Gasteiger partial charge in [-0.05, 0) is 46.2 Å². The van der Waals surface area contributed by atoms with E-state index in [0.717, 1.165) is 19.3 Å². The largest absolute Gasteiger partial charge is 0.292 e. The fraction of sp³-hybridized carbons (Fsp3) is 0.800. The van der Waals surface area contributed by atoms with Crippen LogP contribution in [0.1, 0.15) is 46.5 Å². The maximum Gasteiger partial charge on any atom is 0.0621 e. The highest BCUT2D eigenvalue weighted by molar-refractivity contribution is 5.57. The molecule has 0 spiro atoms. The van der Waals surface area contributed by atoms with Gasteiger partial charge in [0.05, 0.1) is 11.6 Å². The molecule has 0 radical (unpaired) electrons. The number of hydrogen-bond acceptors (Lipinski definition) is 2. The van der Waals surface area contributed by atoms with Gasteiger partial charge >= 0.3 is 0 Å². The van der Waals surface area contributed by atoms with Crippen LogP contribution in [0.15, 0.2) is 4.99 Å². The van der Waals surface area contributed by atoms with Crippen molar-refractivity contribution >= 4 is 6.21 Å². The lowest BCUT2D eigenvalue weighted by molar-refractivity contribution is 0.583. The molecule has 12 heavy (non-hydrogen) atoms. The third-order valence-corrected chi connectivity index (χ3v) is 1.35. The first-order chi connectivity index (χ1) is 5.56. The molecule has 0 fully saturated rings. The van der Waals surface area contributed by atoms with Crippen LogP contribution in [0.5, 0.6) is 0 Å². The highest BCUT2D eigenvalue weighted by Crippen LogP contribution is 2.05. The van der Waals surface area contributed by atoms with E-state index in [1.165, 1.54) is 0 Å². The Labute approximate surface area is 75.3 Å². The standard InChI is InChI=1S/C10H18N2/c1-10(2,3)12-9-7-5-4-6-8-11/h9H,4-7H2,1-3H3/b12-9-. The summed E-state index contributed by atoms with van der Waals surface area (Å²) in [5.41, 5.74) is 0.0508. The summed E-state index contributed by atoms with van der Waals surface area (Å²) in [5.74, 6) is 0. The first-order valence-electron chi connectivity index (χ1n) is 4.47. The summed E-state index contributed by atoms with van der Waals surface area (Å²) in [6, 6.07) is 2.13. The molecule has 0 heterocycles. The zero-order chi connectivity index (χ0) is 9.45. The van der Waals surface area contributed by atoms with Crippen molar-refractivity contribution in [2.45, 2.75) is 52.0 Å². The van der Waals surface area contributed by atoms with Gasteiger partial charge < -0.3 is 0 Å². The minimum absolute atomic E-state index is 0.0508. The van der Waals surface area contributed by atoms with E-state index in [4.69, 9.17) is 5.26 Å². The number of nitriles is 1. The molecule has 0 saturated heterocycles. The monoisotopic (exact) mass is 166 g/mol. The van der Waals surface area contributed by atoms with Crippen molar-refractivity contribution in [3.05, 3.63) is 0 Å². The van der Waals surface area contributed by atoms with Crippen LogP contribution in [0, 0.1) is 11.3 Å². The van der Waals surface area contributed by atoms with Gasteiger partial charge in [0.2, 0.25) is 0 Å². The van der Waals surface area contributed by atoms with Crippen LogP contribution in [0.3, 0.4) is 0 Å². The van der Waals surface area contributed by atoms with Crippen molar-refractivity contribution < 1.29 is 0 Å². The molecule has 0 aromatic heterocycles. The molecular formula is C10H18N2. The molecule has 0 N–H and O–H groups in total. The molecule has 2 heteroatoms. The zero-order valence-corrected chi connectivity index (χ0v) is 8.30. The average Bonchev–Trinajstić information content (AvgIpc) is 1.94. The summed E-state index contributed by atoms with van der Waals surface area (Å²) in [7, 11) is 0. The molecule has 0 rings (SSSR count). The molecule has 0 saturated carbocycles. The summed E-state index contributed by atoms with van der Waals surface area (Å²) in [6.45, 7) is 6.25. The Balaban J connectivity index is 3.32. The Morgan fingerprint density at radius 3 is 2.50 bits per heavy atom. The summed E-state index contributed by atoms with van der Waals surface area (Å²) in [4.78, 5) is 4.35. The van der Waals surface area contributed by atoms with Gasteiger partial charge in [0, 0.05) is 6.42 Å². The predicted molar refractivity (Wildman–Crippen MR) is 52.3 cm³/mol. The molecule has 0 bridgehead atoms. The average molecular weight is 166 g/mol. The molecule has 0 aromatic rings. The molecule has 0 atom stereocenters. The lowest BCUT2D eigenvalue weighted by Gasteiger charge is -2.10. The van der Waals surface area contributed by atoms with E-state index in [1.807, 2.05) is 6.21 Å². The van der Waals surface area contributed by atoms with Gasteiger partial charge in [-0.25, -0.2) is 0 Å². The predicted octanol–water partition coefficient (Wildman–Crippen LogP) is 2.94. The molecule has 68 valence electrons. The second-order valence-electron chi connectivity index (χ2n) is 3.89. The van der Waals surface area contributed by atoms with Crippen LogP contribution in [0.4, 0.5) is 0 Å². The summed E-state index contributed by atoms with van der Waals surface area (Å²) < 4.78 is 0. The molecular weight excluding hydrogens is 148 g/mol. The van der Waals surface area contributed by atoms with Crippen LogP contribution < -0.4 is 0 Å². The van der Waals surface area contributed by atoms with Crippen molar-refractivity contribution in [3.63, 3.8) is 0 Å². The number of aliphatic imine (C=N–C) groups is 1. The van der Waals surface area contributed by atoms with E-state index in [1.54, 1.807) is 0 Å². The Hall–Kier alpha value is -0.840. The van der Waals surface area contributed by atoms with E-state index >= 15 is 0 Å². The van der Waals surface area contributed by atoms with Crippen LogP contribution in [-0.2, 0) is 0 Å². The van der Waals surface area contributed by atoms with Gasteiger partial charge in [0.15, 0.2) is 0 Å². The number of unbranched alkanes of at least 4 members (excludes halogenated alkanes) is 3. The second kappa shape index (κ2) is 5.77. The SMILES string of the molecule is CC(C)(C)/N=C\CCCCC#N. The van der Waals surface area contributed by atoms with E-state index in [0.29, 0.717) is 6.42 Å². The van der Waals surface area contributed by atoms with Gasteiger partial charge in [-0.3, -0.25) is 4.99 Å². The Morgan fingerprint density at radius 1 is 1.33 bits per heavy atom. The first kappa shape index (κ1) is 11.2. The molecule has 0 aliphatic rings. The maximum atomic E-state index is 8.27. The van der Waals surface area contributed by atoms with Crippen molar-refractivity contribution in [1.82, 2.24) is 0 Å². The maximum absolute atomic E-state index is 8.27. The van der Waals surface area contributed by atoms with Gasteiger partial charge in [-0.2, -0.15) is 5.26 Å². The Bertz CT molecular complexity index is 169. The highest BCUT2D eigenvalue weighted by Gasteiger charge is 2.03. The van der Waals surface area contributed by atoms with E-state index < -0.39 is 0 Å².